The Hall–Kier alpha value is -1.52. The van der Waals surface area contributed by atoms with Gasteiger partial charge in [-0.2, -0.15) is 0 Å². The van der Waals surface area contributed by atoms with Crippen molar-refractivity contribution in [3.8, 4) is 0 Å². The minimum Gasteiger partial charge on any atom is -0.394 e. The Kier molecular flexibility index (Phi) is 3.03. The molecule has 0 bridgehead atoms. The molecule has 1 aliphatic carbocycles. The number of rotatable bonds is 3. The van der Waals surface area contributed by atoms with Crippen molar-refractivity contribution in [3.05, 3.63) is 12.0 Å². The third-order valence-corrected chi connectivity index (χ3v) is 4.64. The fraction of sp³-hybridized carbons (Fsp3) is 0.692. The molecule has 5 atom stereocenters. The number of hydrogen-bond acceptors (Lipinski definition) is 8. The van der Waals surface area contributed by atoms with Gasteiger partial charge in [-0.25, -0.2) is 9.98 Å². The van der Waals surface area contributed by atoms with Gasteiger partial charge in [-0.05, 0) is 12.8 Å². The molecule has 0 radical (unpaired) electrons. The summed E-state index contributed by atoms with van der Waals surface area (Å²) in [6, 6.07) is 0. The van der Waals surface area contributed by atoms with Gasteiger partial charge in [0.1, 0.15) is 29.8 Å². The van der Waals surface area contributed by atoms with E-state index >= 15 is 0 Å². The van der Waals surface area contributed by atoms with Crippen molar-refractivity contribution in [1.82, 2.24) is 9.55 Å². The van der Waals surface area contributed by atoms with E-state index in [9.17, 15) is 15.3 Å². The van der Waals surface area contributed by atoms with Crippen molar-refractivity contribution in [2.75, 3.05) is 11.9 Å². The van der Waals surface area contributed by atoms with Crippen molar-refractivity contribution in [1.29, 1.82) is 0 Å². The summed E-state index contributed by atoms with van der Waals surface area (Å²) in [7, 11) is 0. The highest BCUT2D eigenvalue weighted by Crippen LogP contribution is 2.48. The number of ether oxygens (including phenoxy) is 1. The van der Waals surface area contributed by atoms with Crippen molar-refractivity contribution in [3.63, 3.8) is 0 Å². The number of fused-ring (bicyclic) bond motifs is 1. The van der Waals surface area contributed by atoms with E-state index in [1.54, 1.807) is 4.57 Å². The Bertz CT molecular complexity index is 616. The Morgan fingerprint density at radius 2 is 2.18 bits per heavy atom. The summed E-state index contributed by atoms with van der Waals surface area (Å²) in [6.45, 7) is -0.372. The molecule has 9 heteroatoms. The van der Waals surface area contributed by atoms with Gasteiger partial charge in [-0.15, -0.1) is 0 Å². The van der Waals surface area contributed by atoms with Gasteiger partial charge in [0.15, 0.2) is 11.9 Å². The zero-order valence-electron chi connectivity index (χ0n) is 11.8. The van der Waals surface area contributed by atoms with Crippen molar-refractivity contribution in [2.45, 2.75) is 43.0 Å². The number of imidazole rings is 1. The Labute approximate surface area is 126 Å². The smallest absolute Gasteiger partial charge is 0.165 e. The van der Waals surface area contributed by atoms with Gasteiger partial charge in [0, 0.05) is 5.92 Å². The van der Waals surface area contributed by atoms with Gasteiger partial charge >= 0.3 is 0 Å². The summed E-state index contributed by atoms with van der Waals surface area (Å²) < 4.78 is 7.13. The van der Waals surface area contributed by atoms with E-state index < -0.39 is 30.2 Å². The van der Waals surface area contributed by atoms with Crippen LogP contribution in [0.4, 0.5) is 5.82 Å². The zero-order chi connectivity index (χ0) is 15.5. The monoisotopic (exact) mass is 309 g/mol. The molecule has 0 aromatic carbocycles. The third kappa shape index (κ3) is 1.83. The van der Waals surface area contributed by atoms with E-state index in [2.05, 4.69) is 15.3 Å². The van der Waals surface area contributed by atoms with E-state index in [4.69, 9.17) is 10.5 Å². The molecule has 0 amide bonds. The zero-order valence-corrected chi connectivity index (χ0v) is 11.8. The SMILES string of the molecule is NC1(C2CC2)N=CNc2c1ncn2[C@@H]1O[C@H](CO)[C@@H](O)[C@H]1O. The van der Waals surface area contributed by atoms with E-state index in [1.807, 2.05) is 0 Å². The molecule has 2 fully saturated rings. The van der Waals surface area contributed by atoms with Crippen LogP contribution in [0.25, 0.3) is 0 Å². The first kappa shape index (κ1) is 14.1. The second-order valence-corrected chi connectivity index (χ2v) is 6.08. The number of nitrogens with one attached hydrogen (secondary N) is 1. The largest absolute Gasteiger partial charge is 0.394 e. The molecular weight excluding hydrogens is 290 g/mol. The molecule has 6 N–H and O–H groups in total. The second kappa shape index (κ2) is 4.74. The second-order valence-electron chi connectivity index (χ2n) is 6.08. The quantitative estimate of drug-likeness (QED) is 0.456. The molecule has 120 valence electrons. The molecule has 2 aliphatic heterocycles. The van der Waals surface area contributed by atoms with Crippen LogP contribution in [0.3, 0.4) is 0 Å². The van der Waals surface area contributed by atoms with Gasteiger partial charge < -0.3 is 31.1 Å². The molecule has 4 rings (SSSR count). The summed E-state index contributed by atoms with van der Waals surface area (Å²) in [5, 5.41) is 32.2. The van der Waals surface area contributed by atoms with Crippen LogP contribution in [-0.2, 0) is 10.4 Å². The molecule has 1 saturated carbocycles. The summed E-state index contributed by atoms with van der Waals surface area (Å²) in [6.07, 6.45) is 1.06. The Balaban J connectivity index is 1.70. The Morgan fingerprint density at radius 3 is 2.82 bits per heavy atom. The van der Waals surface area contributed by atoms with E-state index in [-0.39, 0.29) is 12.5 Å². The highest BCUT2D eigenvalue weighted by atomic mass is 16.6. The van der Waals surface area contributed by atoms with Crippen LogP contribution in [-0.4, -0.2) is 56.1 Å². The Morgan fingerprint density at radius 1 is 1.41 bits per heavy atom. The number of hydrogen-bond donors (Lipinski definition) is 5. The van der Waals surface area contributed by atoms with Crippen LogP contribution in [0.2, 0.25) is 0 Å². The molecule has 22 heavy (non-hydrogen) atoms. The molecule has 3 heterocycles. The van der Waals surface area contributed by atoms with Crippen LogP contribution in [0.5, 0.6) is 0 Å². The molecular formula is C13H19N5O4. The number of nitrogens with two attached hydrogens (primary N) is 1. The third-order valence-electron chi connectivity index (χ3n) is 4.64. The van der Waals surface area contributed by atoms with E-state index in [0.717, 1.165) is 12.8 Å². The number of aliphatic hydroxyl groups is 3. The maximum atomic E-state index is 10.2. The number of aromatic nitrogens is 2. The highest BCUT2D eigenvalue weighted by Gasteiger charge is 2.50. The molecule has 1 unspecified atom stereocenters. The molecule has 1 aromatic heterocycles. The molecule has 1 saturated heterocycles. The van der Waals surface area contributed by atoms with Crippen LogP contribution < -0.4 is 11.1 Å². The lowest BCUT2D eigenvalue weighted by Gasteiger charge is -2.29. The van der Waals surface area contributed by atoms with E-state index in [1.165, 1.54) is 12.7 Å². The van der Waals surface area contributed by atoms with Crippen LogP contribution in [0, 0.1) is 5.92 Å². The van der Waals surface area contributed by atoms with Gasteiger partial charge in [0.2, 0.25) is 0 Å². The first-order valence-corrected chi connectivity index (χ1v) is 7.35. The predicted octanol–water partition coefficient (Wildman–Crippen LogP) is -1.53. The lowest BCUT2D eigenvalue weighted by Crippen LogP contribution is -2.41. The summed E-state index contributed by atoms with van der Waals surface area (Å²) >= 11 is 0. The normalized spacial score (nSPS) is 40.5. The van der Waals surface area contributed by atoms with Gasteiger partial charge in [-0.1, -0.05) is 0 Å². The van der Waals surface area contributed by atoms with Crippen molar-refractivity contribution in [2.24, 2.45) is 16.6 Å². The molecule has 1 aromatic rings. The first-order chi connectivity index (χ1) is 10.6. The maximum absolute atomic E-state index is 10.2. The van der Waals surface area contributed by atoms with Crippen LogP contribution in [0.15, 0.2) is 11.3 Å². The number of nitrogens with zero attached hydrogens (tertiary/aromatic N) is 3. The minimum absolute atomic E-state index is 0.262. The lowest BCUT2D eigenvalue weighted by atomic mass is 10.0. The molecule has 0 spiro atoms. The number of aliphatic hydroxyl groups excluding tert-OH is 3. The van der Waals surface area contributed by atoms with Crippen molar-refractivity contribution >= 4 is 12.2 Å². The highest BCUT2D eigenvalue weighted by molar-refractivity contribution is 5.79. The number of anilines is 1. The minimum atomic E-state index is -1.16. The van der Waals surface area contributed by atoms with E-state index in [0.29, 0.717) is 11.5 Å². The lowest BCUT2D eigenvalue weighted by molar-refractivity contribution is -0.0518. The number of aliphatic imine (C=N–C) groups is 1. The topological polar surface area (TPSA) is 138 Å². The molecule has 3 aliphatic rings. The van der Waals surface area contributed by atoms with Gasteiger partial charge in [0.25, 0.3) is 0 Å². The average Bonchev–Trinajstić information content (AvgIpc) is 3.23. The van der Waals surface area contributed by atoms with Crippen LogP contribution >= 0.6 is 0 Å². The van der Waals surface area contributed by atoms with Crippen LogP contribution in [0.1, 0.15) is 24.8 Å². The van der Waals surface area contributed by atoms with Crippen molar-refractivity contribution < 1.29 is 20.1 Å². The summed E-state index contributed by atoms with van der Waals surface area (Å²) in [5.74, 6) is 0.859. The van der Waals surface area contributed by atoms with Gasteiger partial charge in [-0.3, -0.25) is 4.57 Å². The first-order valence-electron chi connectivity index (χ1n) is 7.35. The molecule has 9 nitrogen and oxygen atoms in total. The average molecular weight is 309 g/mol. The predicted molar refractivity (Wildman–Crippen MR) is 75.9 cm³/mol. The fourth-order valence-corrected chi connectivity index (χ4v) is 3.18. The summed E-state index contributed by atoms with van der Waals surface area (Å²) in [5.41, 5.74) is 6.15. The summed E-state index contributed by atoms with van der Waals surface area (Å²) in [4.78, 5) is 8.70. The van der Waals surface area contributed by atoms with Gasteiger partial charge in [0.05, 0.1) is 19.3 Å². The maximum Gasteiger partial charge on any atom is 0.165 e. The fourth-order valence-electron chi connectivity index (χ4n) is 3.18. The standard InChI is InChI=1S/C13H19N5O4/c14-13(6-1-2-6)10-11(15-4-17-13)18(5-16-10)12-9(21)8(20)7(3-19)22-12/h4-9,12,19-21H,1-3,14H2,(H,15,17)/t7-,8-,9-,12-,13?/m1/s1.